The molecular weight excluding hydrogens is 256 g/mol. The Bertz CT molecular complexity index is 632. The van der Waals surface area contributed by atoms with E-state index in [1.165, 1.54) is 11.9 Å². The number of imidazole rings is 1. The van der Waals surface area contributed by atoms with Gasteiger partial charge in [-0.3, -0.25) is 0 Å². The summed E-state index contributed by atoms with van der Waals surface area (Å²) < 4.78 is 3.26. The van der Waals surface area contributed by atoms with Crippen LogP contribution >= 0.6 is 23.5 Å². The minimum atomic E-state index is 0.732. The zero-order valence-corrected chi connectivity index (χ0v) is 10.3. The van der Waals surface area contributed by atoms with Crippen molar-refractivity contribution in [3.8, 4) is 0 Å². The molecule has 0 bridgehead atoms. The summed E-state index contributed by atoms with van der Waals surface area (Å²) in [6.07, 6.45) is 5.20. The summed E-state index contributed by atoms with van der Waals surface area (Å²) >= 11 is 7.54. The van der Waals surface area contributed by atoms with Gasteiger partial charge in [-0.05, 0) is 6.07 Å². The number of rotatable bonds is 3. The van der Waals surface area contributed by atoms with Crippen molar-refractivity contribution in [3.63, 3.8) is 0 Å². The number of hydrogen-bond donors (Lipinski definition) is 3. The smallest absolute Gasteiger partial charge is 0.113 e. The van der Waals surface area contributed by atoms with Crippen LogP contribution in [0.2, 0.25) is 5.02 Å². The Hall–Kier alpha value is -1.59. The van der Waals surface area contributed by atoms with Crippen molar-refractivity contribution in [3.05, 3.63) is 41.9 Å². The molecule has 0 atom stereocenters. The molecule has 0 spiro atoms. The monoisotopic (exact) mass is 264 g/mol. The van der Waals surface area contributed by atoms with Crippen LogP contribution in [-0.2, 0) is 0 Å². The van der Waals surface area contributed by atoms with Gasteiger partial charge in [0.25, 0.3) is 0 Å². The first-order chi connectivity index (χ1) is 8.34. The normalized spacial score (nSPS) is 10.9. The number of nitrogens with one attached hydrogen (secondary N) is 3. The van der Waals surface area contributed by atoms with Crippen LogP contribution in [0.1, 0.15) is 0 Å². The molecule has 17 heavy (non-hydrogen) atoms. The lowest BCUT2D eigenvalue weighted by Crippen LogP contribution is -1.87. The summed E-state index contributed by atoms with van der Waals surface area (Å²) in [6.45, 7) is 0. The first-order valence-electron chi connectivity index (χ1n) is 5.01. The Kier molecular flexibility index (Phi) is 2.70. The van der Waals surface area contributed by atoms with E-state index < -0.39 is 0 Å². The van der Waals surface area contributed by atoms with Crippen LogP contribution in [0, 0.1) is 0 Å². The molecule has 0 saturated heterocycles. The molecule has 0 aliphatic heterocycles. The molecule has 0 radical (unpaired) electrons. The number of H-pyrrole nitrogens is 2. The number of benzene rings is 1. The Morgan fingerprint density at radius 1 is 1.29 bits per heavy atom. The van der Waals surface area contributed by atoms with E-state index in [2.05, 4.69) is 19.7 Å². The number of halogens is 1. The van der Waals surface area contributed by atoms with Gasteiger partial charge >= 0.3 is 0 Å². The highest BCUT2D eigenvalue weighted by atomic mass is 35.5. The number of hydrogen-bond acceptors (Lipinski definition) is 3. The van der Waals surface area contributed by atoms with E-state index in [4.69, 9.17) is 11.6 Å². The topological polar surface area (TPSA) is 56.5 Å². The minimum absolute atomic E-state index is 0.732. The minimum Gasteiger partial charge on any atom is -0.358 e. The van der Waals surface area contributed by atoms with Crippen molar-refractivity contribution >= 4 is 40.1 Å². The Labute approximate surface area is 107 Å². The molecule has 3 rings (SSSR count). The summed E-state index contributed by atoms with van der Waals surface area (Å²) in [5, 5.41) is 2.71. The van der Waals surface area contributed by atoms with E-state index in [9.17, 15) is 0 Å². The molecule has 0 unspecified atom stereocenters. The van der Waals surface area contributed by atoms with Crippen molar-refractivity contribution in [2.75, 3.05) is 4.72 Å². The summed E-state index contributed by atoms with van der Waals surface area (Å²) in [6, 6.07) is 5.96. The molecule has 1 aromatic carbocycles. The van der Waals surface area contributed by atoms with Gasteiger partial charge < -0.3 is 14.7 Å². The van der Waals surface area contributed by atoms with Crippen molar-refractivity contribution in [1.29, 1.82) is 0 Å². The van der Waals surface area contributed by atoms with Crippen molar-refractivity contribution < 1.29 is 0 Å². The molecule has 0 amide bonds. The van der Waals surface area contributed by atoms with Gasteiger partial charge in [-0.1, -0.05) is 23.7 Å². The van der Waals surface area contributed by atoms with Crippen molar-refractivity contribution in [2.24, 2.45) is 0 Å². The predicted octanol–water partition coefficient (Wildman–Crippen LogP) is 3.66. The average molecular weight is 265 g/mol. The van der Waals surface area contributed by atoms with Crippen LogP contribution < -0.4 is 4.72 Å². The molecule has 2 aromatic heterocycles. The molecule has 0 aliphatic rings. The molecule has 2 heterocycles. The van der Waals surface area contributed by atoms with Crippen molar-refractivity contribution in [1.82, 2.24) is 15.0 Å². The van der Waals surface area contributed by atoms with Gasteiger partial charge in [-0.25, -0.2) is 4.98 Å². The number of aromatic amines is 2. The molecule has 86 valence electrons. The highest BCUT2D eigenvalue weighted by Crippen LogP contribution is 2.30. The zero-order valence-electron chi connectivity index (χ0n) is 8.70. The molecular formula is C11H9ClN4S. The van der Waals surface area contributed by atoms with E-state index in [0.29, 0.717) is 0 Å². The van der Waals surface area contributed by atoms with Gasteiger partial charge in [0, 0.05) is 23.5 Å². The van der Waals surface area contributed by atoms with E-state index in [1.807, 2.05) is 18.2 Å². The molecule has 0 aliphatic carbocycles. The Morgan fingerprint density at radius 2 is 2.24 bits per heavy atom. The van der Waals surface area contributed by atoms with Crippen LogP contribution in [0.5, 0.6) is 0 Å². The van der Waals surface area contributed by atoms with Gasteiger partial charge in [-0.2, -0.15) is 0 Å². The summed E-state index contributed by atoms with van der Waals surface area (Å²) in [5.74, 6) is 0. The highest BCUT2D eigenvalue weighted by Gasteiger charge is 2.05. The first kappa shape index (κ1) is 10.6. The fraction of sp³-hybridized carbons (Fsp3) is 0. The summed E-state index contributed by atoms with van der Waals surface area (Å²) in [5.41, 5.74) is 2.00. The third kappa shape index (κ3) is 1.99. The number of fused-ring (bicyclic) bond motifs is 1. The van der Waals surface area contributed by atoms with E-state index in [-0.39, 0.29) is 0 Å². The van der Waals surface area contributed by atoms with E-state index >= 15 is 0 Å². The van der Waals surface area contributed by atoms with Gasteiger partial charge in [0.15, 0.2) is 0 Å². The van der Waals surface area contributed by atoms with Gasteiger partial charge in [0.2, 0.25) is 0 Å². The second kappa shape index (κ2) is 4.35. The van der Waals surface area contributed by atoms with Gasteiger partial charge in [-0.15, -0.1) is 0 Å². The third-order valence-corrected chi connectivity index (χ3v) is 3.49. The molecule has 0 fully saturated rings. The highest BCUT2D eigenvalue weighted by molar-refractivity contribution is 8.00. The fourth-order valence-electron chi connectivity index (χ4n) is 1.61. The van der Waals surface area contributed by atoms with E-state index in [0.717, 1.165) is 26.6 Å². The second-order valence-electron chi connectivity index (χ2n) is 3.48. The summed E-state index contributed by atoms with van der Waals surface area (Å²) in [4.78, 5) is 10.1. The SMILES string of the molecule is Clc1c[nH]c2c(NSc3cnc[nH]3)cccc12. The van der Waals surface area contributed by atoms with Crippen LogP contribution in [0.25, 0.3) is 10.9 Å². The van der Waals surface area contributed by atoms with Crippen LogP contribution in [0.15, 0.2) is 41.9 Å². The second-order valence-corrected chi connectivity index (χ2v) is 4.74. The standard InChI is InChI=1S/C11H9ClN4S/c12-8-4-14-11-7(8)2-1-3-9(11)16-17-10-5-13-6-15-10/h1-6,14,16H,(H,13,15). The lowest BCUT2D eigenvalue weighted by molar-refractivity contribution is 1.20. The first-order valence-corrected chi connectivity index (χ1v) is 6.21. The predicted molar refractivity (Wildman–Crippen MR) is 71.4 cm³/mol. The molecule has 6 heteroatoms. The van der Waals surface area contributed by atoms with Crippen molar-refractivity contribution in [2.45, 2.75) is 5.03 Å². The number of anilines is 1. The average Bonchev–Trinajstić information content (AvgIpc) is 2.97. The molecule has 3 N–H and O–H groups in total. The lowest BCUT2D eigenvalue weighted by Gasteiger charge is -2.04. The largest absolute Gasteiger partial charge is 0.358 e. The zero-order chi connectivity index (χ0) is 11.7. The molecule has 0 saturated carbocycles. The van der Waals surface area contributed by atoms with Crippen LogP contribution in [0.3, 0.4) is 0 Å². The quantitative estimate of drug-likeness (QED) is 0.633. The lowest BCUT2D eigenvalue weighted by atomic mass is 10.2. The molecule has 3 aromatic rings. The van der Waals surface area contributed by atoms with Crippen LogP contribution in [0.4, 0.5) is 5.69 Å². The number of nitrogens with zero attached hydrogens (tertiary/aromatic N) is 1. The maximum Gasteiger partial charge on any atom is 0.113 e. The van der Waals surface area contributed by atoms with Gasteiger partial charge in [0.05, 0.1) is 28.8 Å². The Morgan fingerprint density at radius 3 is 3.06 bits per heavy atom. The van der Waals surface area contributed by atoms with E-state index in [1.54, 1.807) is 18.7 Å². The fourth-order valence-corrected chi connectivity index (χ4v) is 2.44. The maximum absolute atomic E-state index is 6.06. The number of para-hydroxylation sites is 1. The Balaban J connectivity index is 1.90. The maximum atomic E-state index is 6.06. The molecule has 4 nitrogen and oxygen atoms in total. The van der Waals surface area contributed by atoms with Gasteiger partial charge in [0.1, 0.15) is 5.03 Å². The summed E-state index contributed by atoms with van der Waals surface area (Å²) in [7, 11) is 0. The third-order valence-electron chi connectivity index (χ3n) is 2.41. The van der Waals surface area contributed by atoms with Crippen LogP contribution in [-0.4, -0.2) is 15.0 Å². The number of aromatic nitrogens is 3.